The number of rotatable bonds is 4. The first kappa shape index (κ1) is 18.5. The molecule has 5 nitrogen and oxygen atoms in total. The molecular weight excluding hydrogens is 296 g/mol. The van der Waals surface area contributed by atoms with Gasteiger partial charge in [-0.05, 0) is 43.4 Å². The van der Waals surface area contributed by atoms with Crippen molar-refractivity contribution in [1.82, 2.24) is 0 Å². The van der Waals surface area contributed by atoms with Gasteiger partial charge in [-0.3, -0.25) is 0 Å². The number of hydrogen-bond acceptors (Lipinski definition) is 3. The van der Waals surface area contributed by atoms with E-state index in [4.69, 9.17) is 24.5 Å². The maximum absolute atomic E-state index is 8.56. The van der Waals surface area contributed by atoms with Crippen molar-refractivity contribution in [3.05, 3.63) is 0 Å². The number of hydrogen-bond donors (Lipinski definition) is 2. The third-order valence-corrected chi connectivity index (χ3v) is 5.71. The summed E-state index contributed by atoms with van der Waals surface area (Å²) in [6.45, 7) is 1.61. The molecule has 0 aromatic carbocycles. The second-order valence-electron chi connectivity index (χ2n) is 7.21. The normalized spacial score (nSPS) is 29.7. The van der Waals surface area contributed by atoms with Crippen molar-refractivity contribution in [2.24, 2.45) is 17.8 Å². The summed E-state index contributed by atoms with van der Waals surface area (Å²) in [4.78, 5) is 8.56. The average molecular weight is 328 g/mol. The Morgan fingerprint density at radius 1 is 0.783 bits per heavy atom. The number of carbonyl (C=O) groups is 1. The maximum Gasteiger partial charge on any atom is 0.503 e. The van der Waals surface area contributed by atoms with Crippen LogP contribution in [0.3, 0.4) is 0 Å². The first-order valence-electron chi connectivity index (χ1n) is 9.30. The minimum atomic E-state index is -1.83. The van der Waals surface area contributed by atoms with Crippen molar-refractivity contribution >= 4 is 6.16 Å². The monoisotopic (exact) mass is 328 g/mol. The Balaban J connectivity index is 0.000000433. The lowest BCUT2D eigenvalue weighted by Gasteiger charge is -2.36. The van der Waals surface area contributed by atoms with E-state index in [1.54, 1.807) is 0 Å². The van der Waals surface area contributed by atoms with E-state index in [1.807, 2.05) is 0 Å². The van der Waals surface area contributed by atoms with E-state index < -0.39 is 6.16 Å². The largest absolute Gasteiger partial charge is 0.503 e. The third kappa shape index (κ3) is 7.08. The minimum Gasteiger partial charge on any atom is -0.450 e. The van der Waals surface area contributed by atoms with Crippen LogP contribution < -0.4 is 0 Å². The van der Waals surface area contributed by atoms with E-state index in [0.717, 1.165) is 37.4 Å². The predicted octanol–water partition coefficient (Wildman–Crippen LogP) is 4.75. The summed E-state index contributed by atoms with van der Waals surface area (Å²) in [7, 11) is 0. The molecule has 2 saturated carbocycles. The van der Waals surface area contributed by atoms with E-state index in [1.165, 1.54) is 64.2 Å². The molecule has 2 N–H and O–H groups in total. The molecule has 3 fully saturated rings. The van der Waals surface area contributed by atoms with Crippen LogP contribution in [0.4, 0.5) is 4.79 Å². The molecule has 0 aromatic rings. The van der Waals surface area contributed by atoms with Gasteiger partial charge in [0.25, 0.3) is 0 Å². The van der Waals surface area contributed by atoms with E-state index >= 15 is 0 Å². The summed E-state index contributed by atoms with van der Waals surface area (Å²) in [6.07, 6.45) is 14.2. The van der Waals surface area contributed by atoms with Gasteiger partial charge in [-0.2, -0.15) is 0 Å². The molecule has 5 heteroatoms. The van der Waals surface area contributed by atoms with Gasteiger partial charge in [0, 0.05) is 0 Å². The van der Waals surface area contributed by atoms with Crippen molar-refractivity contribution < 1.29 is 24.5 Å². The second kappa shape index (κ2) is 10.1. The van der Waals surface area contributed by atoms with Gasteiger partial charge in [-0.25, -0.2) is 4.79 Å². The highest BCUT2D eigenvalue weighted by atomic mass is 16.7. The van der Waals surface area contributed by atoms with E-state index in [9.17, 15) is 0 Å². The van der Waals surface area contributed by atoms with Crippen LogP contribution in [-0.2, 0) is 9.47 Å². The van der Waals surface area contributed by atoms with Crippen molar-refractivity contribution in [3.63, 3.8) is 0 Å². The molecule has 2 aliphatic carbocycles. The van der Waals surface area contributed by atoms with E-state index in [0.29, 0.717) is 0 Å². The van der Waals surface area contributed by atoms with Crippen molar-refractivity contribution in [3.8, 4) is 0 Å². The van der Waals surface area contributed by atoms with Gasteiger partial charge in [0.05, 0.1) is 13.2 Å². The van der Waals surface area contributed by atoms with Gasteiger partial charge < -0.3 is 19.7 Å². The van der Waals surface area contributed by atoms with Crippen LogP contribution in [0.5, 0.6) is 0 Å². The smallest absolute Gasteiger partial charge is 0.450 e. The minimum absolute atomic E-state index is 0.121. The highest BCUT2D eigenvalue weighted by Crippen LogP contribution is 2.41. The first-order valence-corrected chi connectivity index (χ1v) is 9.30. The van der Waals surface area contributed by atoms with Crippen LogP contribution in [0.25, 0.3) is 0 Å². The quantitative estimate of drug-likeness (QED) is 0.779. The summed E-state index contributed by atoms with van der Waals surface area (Å²) < 4.78 is 11.1. The summed E-state index contributed by atoms with van der Waals surface area (Å²) in [5.74, 6) is 3.10. The molecule has 0 unspecified atom stereocenters. The Labute approximate surface area is 139 Å². The molecule has 3 aliphatic rings. The summed E-state index contributed by atoms with van der Waals surface area (Å²) in [5.41, 5.74) is 0. The number of carboxylic acid groups (broad SMARTS) is 2. The first-order chi connectivity index (χ1) is 11.1. The fraction of sp³-hybridized carbons (Fsp3) is 0.944. The van der Waals surface area contributed by atoms with Gasteiger partial charge in [0.1, 0.15) is 0 Å². The topological polar surface area (TPSA) is 76.0 Å². The Kier molecular flexibility index (Phi) is 8.17. The fourth-order valence-corrected chi connectivity index (χ4v) is 4.50. The summed E-state index contributed by atoms with van der Waals surface area (Å²) in [6, 6.07) is 0. The standard InChI is InChI=1S/C17H30O2.CH2O3/c1-2-4-15(5-3-1)16-9-6-14(7-10-16)8-11-17-18-12-13-19-17;2-1(3)4/h14-17H,1-13H2;(H2,2,3,4). The molecule has 0 amide bonds. The second-order valence-corrected chi connectivity index (χ2v) is 7.21. The van der Waals surface area contributed by atoms with Gasteiger partial charge in [0.15, 0.2) is 6.29 Å². The Morgan fingerprint density at radius 3 is 1.87 bits per heavy atom. The highest BCUT2D eigenvalue weighted by Gasteiger charge is 2.29. The lowest BCUT2D eigenvalue weighted by atomic mass is 9.70. The molecular formula is C18H32O5. The highest BCUT2D eigenvalue weighted by molar-refractivity contribution is 5.53. The van der Waals surface area contributed by atoms with Crippen molar-refractivity contribution in [1.29, 1.82) is 0 Å². The summed E-state index contributed by atoms with van der Waals surface area (Å²) in [5, 5.41) is 13.9. The van der Waals surface area contributed by atoms with Crippen molar-refractivity contribution in [2.45, 2.75) is 76.9 Å². The van der Waals surface area contributed by atoms with Crippen LogP contribution in [0.1, 0.15) is 70.6 Å². The molecule has 0 aromatic heterocycles. The van der Waals surface area contributed by atoms with Gasteiger partial charge >= 0.3 is 6.16 Å². The molecule has 1 heterocycles. The lowest BCUT2D eigenvalue weighted by molar-refractivity contribution is -0.0514. The Morgan fingerprint density at radius 2 is 1.30 bits per heavy atom. The molecule has 1 aliphatic heterocycles. The molecule has 3 rings (SSSR count). The SMILES string of the molecule is C1CCC(C2CCC(CCC3OCCO3)CC2)CC1.O=C(O)O. The zero-order chi connectivity index (χ0) is 16.5. The molecule has 0 spiro atoms. The van der Waals surface area contributed by atoms with Crippen LogP contribution in [0.15, 0.2) is 0 Å². The third-order valence-electron chi connectivity index (χ3n) is 5.71. The van der Waals surface area contributed by atoms with Crippen LogP contribution in [0, 0.1) is 17.8 Å². The van der Waals surface area contributed by atoms with Crippen molar-refractivity contribution in [2.75, 3.05) is 13.2 Å². The van der Waals surface area contributed by atoms with Gasteiger partial charge in [-0.1, -0.05) is 44.9 Å². The Hall–Kier alpha value is -0.810. The average Bonchev–Trinajstić information content (AvgIpc) is 3.07. The van der Waals surface area contributed by atoms with E-state index in [-0.39, 0.29) is 6.29 Å². The zero-order valence-electron chi connectivity index (χ0n) is 14.1. The Bertz CT molecular complexity index is 322. The molecule has 0 radical (unpaired) electrons. The van der Waals surface area contributed by atoms with Crippen LogP contribution >= 0.6 is 0 Å². The molecule has 134 valence electrons. The molecule has 23 heavy (non-hydrogen) atoms. The maximum atomic E-state index is 8.56. The molecule has 0 atom stereocenters. The molecule has 1 saturated heterocycles. The molecule has 0 bridgehead atoms. The fourth-order valence-electron chi connectivity index (χ4n) is 4.50. The van der Waals surface area contributed by atoms with E-state index in [2.05, 4.69) is 0 Å². The van der Waals surface area contributed by atoms with Crippen LogP contribution in [-0.4, -0.2) is 35.9 Å². The number of ether oxygens (including phenoxy) is 2. The zero-order valence-corrected chi connectivity index (χ0v) is 14.1. The van der Waals surface area contributed by atoms with Gasteiger partial charge in [0.2, 0.25) is 0 Å². The van der Waals surface area contributed by atoms with Crippen LogP contribution in [0.2, 0.25) is 0 Å². The summed E-state index contributed by atoms with van der Waals surface area (Å²) >= 11 is 0. The van der Waals surface area contributed by atoms with Gasteiger partial charge in [-0.15, -0.1) is 0 Å². The predicted molar refractivity (Wildman–Crippen MR) is 87.6 cm³/mol. The lowest BCUT2D eigenvalue weighted by Crippen LogP contribution is -2.24.